The number of hydrogen-bond donors (Lipinski definition) is 1. The van der Waals surface area contributed by atoms with Gasteiger partial charge in [0.05, 0.1) is 6.61 Å². The summed E-state index contributed by atoms with van der Waals surface area (Å²) in [6.45, 7) is 0.102. The number of benzene rings is 1. The van der Waals surface area contributed by atoms with Crippen molar-refractivity contribution >= 4 is 18.9 Å². The highest BCUT2D eigenvalue weighted by atomic mass is 19.1. The second-order valence-electron chi connectivity index (χ2n) is 4.11. The highest BCUT2D eigenvalue weighted by Gasteiger charge is 2.15. The van der Waals surface area contributed by atoms with Crippen molar-refractivity contribution < 1.29 is 9.50 Å². The van der Waals surface area contributed by atoms with Gasteiger partial charge in [0.1, 0.15) is 13.7 Å². The van der Waals surface area contributed by atoms with Gasteiger partial charge in [0.2, 0.25) is 0 Å². The third kappa shape index (κ3) is 2.12. The predicted octanol–water partition coefficient (Wildman–Crippen LogP) is 1.01. The molecule has 15 heavy (non-hydrogen) atoms. The van der Waals surface area contributed by atoms with Crippen LogP contribution in [-0.2, 0) is 0 Å². The number of aliphatic hydroxyl groups excluding tert-OH is 1. The van der Waals surface area contributed by atoms with Gasteiger partial charge >= 0.3 is 0 Å². The van der Waals surface area contributed by atoms with Gasteiger partial charge in [-0.05, 0) is 48.1 Å². The van der Waals surface area contributed by atoms with E-state index in [-0.39, 0.29) is 12.4 Å². The van der Waals surface area contributed by atoms with E-state index in [4.69, 9.17) is 0 Å². The Labute approximate surface area is 90.0 Å². The minimum Gasteiger partial charge on any atom is -0.392 e. The van der Waals surface area contributed by atoms with Gasteiger partial charge in [-0.1, -0.05) is 11.5 Å². The Kier molecular flexibility index (Phi) is 2.92. The Morgan fingerprint density at radius 3 is 2.73 bits per heavy atom. The molecule has 0 saturated heterocycles. The molecular formula is C12H14BFO. The van der Waals surface area contributed by atoms with E-state index in [2.05, 4.69) is 0 Å². The maximum Gasteiger partial charge on any atom is 0.139 e. The summed E-state index contributed by atoms with van der Waals surface area (Å²) in [4.78, 5) is 0. The van der Waals surface area contributed by atoms with Crippen molar-refractivity contribution in [3.05, 3.63) is 35.2 Å². The van der Waals surface area contributed by atoms with E-state index in [9.17, 15) is 9.50 Å². The van der Waals surface area contributed by atoms with Gasteiger partial charge in [-0.15, -0.1) is 0 Å². The highest BCUT2D eigenvalue weighted by Crippen LogP contribution is 2.33. The highest BCUT2D eigenvalue weighted by molar-refractivity contribution is 6.32. The minimum atomic E-state index is -0.193. The lowest BCUT2D eigenvalue weighted by molar-refractivity contribution is 0.329. The van der Waals surface area contributed by atoms with Crippen LogP contribution in [-0.4, -0.2) is 19.6 Å². The lowest BCUT2D eigenvalue weighted by atomic mass is 9.91. The van der Waals surface area contributed by atoms with Crippen molar-refractivity contribution in [1.82, 2.24) is 0 Å². The smallest absolute Gasteiger partial charge is 0.139 e. The Hall–Kier alpha value is -1.09. The molecule has 78 valence electrons. The van der Waals surface area contributed by atoms with Crippen molar-refractivity contribution in [3.8, 4) is 0 Å². The number of hydrogen-bond acceptors (Lipinski definition) is 1. The molecule has 0 aromatic heterocycles. The third-order valence-electron chi connectivity index (χ3n) is 2.91. The molecule has 1 aliphatic rings. The van der Waals surface area contributed by atoms with Gasteiger partial charge < -0.3 is 5.11 Å². The van der Waals surface area contributed by atoms with Crippen molar-refractivity contribution in [3.63, 3.8) is 0 Å². The summed E-state index contributed by atoms with van der Waals surface area (Å²) in [5.74, 6) is -0.193. The summed E-state index contributed by atoms with van der Waals surface area (Å²) in [6.07, 6.45) is 2.97. The Bertz CT molecular complexity index is 392. The van der Waals surface area contributed by atoms with Gasteiger partial charge in [-0.25, -0.2) is 4.39 Å². The summed E-state index contributed by atoms with van der Waals surface area (Å²) in [6, 6.07) is 5.07. The Balaban J connectivity index is 2.44. The summed E-state index contributed by atoms with van der Waals surface area (Å²) in [7, 11) is 1.89. The maximum atomic E-state index is 13.2. The number of aliphatic hydroxyl groups is 1. The Morgan fingerprint density at radius 1 is 1.27 bits per heavy atom. The molecule has 0 bridgehead atoms. The average Bonchev–Trinajstić information content (AvgIpc) is 2.63. The molecule has 0 heterocycles. The molecule has 3 heteroatoms. The molecule has 2 rings (SSSR count). The molecule has 1 aliphatic carbocycles. The van der Waals surface area contributed by atoms with Crippen LogP contribution in [0.25, 0.3) is 5.57 Å². The lowest BCUT2D eigenvalue weighted by Crippen LogP contribution is -2.05. The van der Waals surface area contributed by atoms with Crippen LogP contribution in [0.2, 0.25) is 0 Å². The van der Waals surface area contributed by atoms with E-state index >= 15 is 0 Å². The molecule has 0 saturated carbocycles. The van der Waals surface area contributed by atoms with Crippen LogP contribution in [0.4, 0.5) is 4.39 Å². The molecule has 0 atom stereocenters. The van der Waals surface area contributed by atoms with E-state index in [1.54, 1.807) is 6.07 Å². The molecule has 0 radical (unpaired) electrons. The van der Waals surface area contributed by atoms with Crippen LogP contribution in [0, 0.1) is 5.82 Å². The molecule has 0 spiro atoms. The van der Waals surface area contributed by atoms with Crippen molar-refractivity contribution in [1.29, 1.82) is 0 Å². The quantitative estimate of drug-likeness (QED) is 0.713. The SMILES string of the molecule is Bc1cc(F)cc(C2=C(CO)CCC2)c1. The summed E-state index contributed by atoms with van der Waals surface area (Å²) in [5, 5.41) is 9.18. The van der Waals surface area contributed by atoms with E-state index in [0.717, 1.165) is 41.4 Å². The lowest BCUT2D eigenvalue weighted by Gasteiger charge is -2.07. The molecule has 1 N–H and O–H groups in total. The van der Waals surface area contributed by atoms with E-state index in [1.165, 1.54) is 6.07 Å². The first kappa shape index (κ1) is 10.4. The molecular weight excluding hydrogens is 190 g/mol. The third-order valence-corrected chi connectivity index (χ3v) is 2.91. The zero-order valence-corrected chi connectivity index (χ0v) is 8.89. The predicted molar refractivity (Wildman–Crippen MR) is 62.4 cm³/mol. The maximum absolute atomic E-state index is 13.2. The zero-order valence-electron chi connectivity index (χ0n) is 8.89. The Morgan fingerprint density at radius 2 is 2.07 bits per heavy atom. The summed E-state index contributed by atoms with van der Waals surface area (Å²) < 4.78 is 13.2. The molecule has 0 aliphatic heterocycles. The number of rotatable bonds is 2. The topological polar surface area (TPSA) is 20.2 Å². The normalized spacial score (nSPS) is 16.1. The number of halogens is 1. The molecule has 0 unspecified atom stereocenters. The van der Waals surface area contributed by atoms with Gasteiger partial charge in [0, 0.05) is 0 Å². The van der Waals surface area contributed by atoms with Gasteiger partial charge in [0.15, 0.2) is 0 Å². The van der Waals surface area contributed by atoms with Gasteiger partial charge in [-0.2, -0.15) is 0 Å². The first-order valence-corrected chi connectivity index (χ1v) is 5.30. The summed E-state index contributed by atoms with van der Waals surface area (Å²) in [5.41, 5.74) is 4.08. The van der Waals surface area contributed by atoms with Crippen LogP contribution in [0.15, 0.2) is 23.8 Å². The molecule has 1 nitrogen and oxygen atoms in total. The van der Waals surface area contributed by atoms with E-state index in [1.807, 2.05) is 13.9 Å². The van der Waals surface area contributed by atoms with Gasteiger partial charge in [0.25, 0.3) is 0 Å². The molecule has 0 amide bonds. The van der Waals surface area contributed by atoms with Crippen molar-refractivity contribution in [2.24, 2.45) is 0 Å². The molecule has 1 aromatic carbocycles. The zero-order chi connectivity index (χ0) is 10.8. The van der Waals surface area contributed by atoms with Crippen molar-refractivity contribution in [2.45, 2.75) is 19.3 Å². The van der Waals surface area contributed by atoms with Crippen LogP contribution in [0.1, 0.15) is 24.8 Å². The fourth-order valence-electron chi connectivity index (χ4n) is 2.24. The first-order valence-electron chi connectivity index (χ1n) is 5.30. The van der Waals surface area contributed by atoms with E-state index in [0.29, 0.717) is 0 Å². The first-order chi connectivity index (χ1) is 7.20. The van der Waals surface area contributed by atoms with Crippen LogP contribution in [0.5, 0.6) is 0 Å². The van der Waals surface area contributed by atoms with Crippen LogP contribution < -0.4 is 5.46 Å². The second kappa shape index (κ2) is 4.19. The molecule has 0 fully saturated rings. The fourth-order valence-corrected chi connectivity index (χ4v) is 2.24. The average molecular weight is 204 g/mol. The van der Waals surface area contributed by atoms with Gasteiger partial charge in [-0.3, -0.25) is 0 Å². The second-order valence-corrected chi connectivity index (χ2v) is 4.11. The summed E-state index contributed by atoms with van der Waals surface area (Å²) >= 11 is 0. The van der Waals surface area contributed by atoms with Crippen LogP contribution >= 0.6 is 0 Å². The molecule has 1 aromatic rings. The monoisotopic (exact) mass is 204 g/mol. The fraction of sp³-hybridized carbons (Fsp3) is 0.333. The van der Waals surface area contributed by atoms with E-state index < -0.39 is 0 Å². The van der Waals surface area contributed by atoms with Crippen molar-refractivity contribution in [2.75, 3.05) is 6.61 Å². The largest absolute Gasteiger partial charge is 0.392 e. The number of allylic oxidation sites excluding steroid dienone is 1. The minimum absolute atomic E-state index is 0.102. The van der Waals surface area contributed by atoms with Crippen LogP contribution in [0.3, 0.4) is 0 Å². The standard InChI is InChI=1S/C12H14BFO/c13-10-4-9(5-11(14)6-10)12-3-1-2-8(12)7-15/h4-6,15H,1-3,7,13H2.